The van der Waals surface area contributed by atoms with Crippen LogP contribution in [0.15, 0.2) is 72.8 Å². The van der Waals surface area contributed by atoms with Gasteiger partial charge in [0.1, 0.15) is 7.05 Å². The number of aryl methyl sites for hydroxylation is 1. The van der Waals surface area contributed by atoms with Gasteiger partial charge in [0.2, 0.25) is 5.69 Å². The van der Waals surface area contributed by atoms with Gasteiger partial charge in [-0.15, -0.1) is 0 Å². The van der Waals surface area contributed by atoms with E-state index in [1.165, 1.54) is 44.0 Å². The molecule has 3 aromatic carbocycles. The van der Waals surface area contributed by atoms with Gasteiger partial charge in [0.15, 0.2) is 5.71 Å². The third kappa shape index (κ3) is 2.52. The molecule has 29 heavy (non-hydrogen) atoms. The molecule has 2 heterocycles. The molecule has 2 heteroatoms. The molecule has 0 radical (unpaired) electrons. The van der Waals surface area contributed by atoms with Crippen LogP contribution in [-0.4, -0.2) is 21.9 Å². The smallest absolute Gasteiger partial charge is 0.209 e. The lowest BCUT2D eigenvalue weighted by atomic mass is 9.81. The highest BCUT2D eigenvalue weighted by Gasteiger charge is 2.42. The van der Waals surface area contributed by atoms with Crippen LogP contribution < -0.4 is 5.35 Å². The Balaban J connectivity index is 1.67. The van der Waals surface area contributed by atoms with Crippen molar-refractivity contribution in [2.24, 2.45) is 0 Å². The highest BCUT2D eigenvalue weighted by atomic mass is 15.0. The maximum Gasteiger partial charge on any atom is 0.209 e. The Hall–Kier alpha value is -3.13. The van der Waals surface area contributed by atoms with E-state index in [0.29, 0.717) is 0 Å². The van der Waals surface area contributed by atoms with Crippen molar-refractivity contribution in [3.8, 4) is 0 Å². The SMILES string of the molecule is CCn1c(=CC=CC2=[N+](C)c3ccccc3C2(C)C)c2cccc3cccc1c32. The molecule has 1 aromatic heterocycles. The summed E-state index contributed by atoms with van der Waals surface area (Å²) in [6.07, 6.45) is 6.78. The molecule has 0 N–H and O–H groups in total. The average molecular weight is 380 g/mol. The van der Waals surface area contributed by atoms with Crippen LogP contribution in [-0.2, 0) is 12.0 Å². The molecule has 0 atom stereocenters. The van der Waals surface area contributed by atoms with Gasteiger partial charge >= 0.3 is 0 Å². The van der Waals surface area contributed by atoms with Crippen molar-refractivity contribution < 1.29 is 4.58 Å². The van der Waals surface area contributed by atoms with Gasteiger partial charge in [-0.3, -0.25) is 0 Å². The second-order valence-corrected chi connectivity index (χ2v) is 8.42. The minimum Gasteiger partial charge on any atom is -0.341 e. The molecule has 4 aromatic rings. The molecule has 0 saturated heterocycles. The third-order valence-electron chi connectivity index (χ3n) is 6.51. The van der Waals surface area contributed by atoms with Crippen LogP contribution in [0.5, 0.6) is 0 Å². The quantitative estimate of drug-likeness (QED) is 0.411. The maximum atomic E-state index is 2.42. The third-order valence-corrected chi connectivity index (χ3v) is 6.51. The summed E-state index contributed by atoms with van der Waals surface area (Å²) in [5.74, 6) is 0. The topological polar surface area (TPSA) is 7.94 Å². The van der Waals surface area contributed by atoms with Gasteiger partial charge in [-0.2, -0.15) is 4.58 Å². The van der Waals surface area contributed by atoms with Crippen LogP contribution in [0, 0.1) is 0 Å². The van der Waals surface area contributed by atoms with Gasteiger partial charge < -0.3 is 4.57 Å². The number of para-hydroxylation sites is 1. The normalized spacial score (nSPS) is 16.6. The molecule has 144 valence electrons. The summed E-state index contributed by atoms with van der Waals surface area (Å²) >= 11 is 0. The summed E-state index contributed by atoms with van der Waals surface area (Å²) in [5, 5.41) is 5.30. The standard InChI is InChI=1S/C27H27N2/c1-5-29-22(20-13-8-11-19-12-9-17-24(29)26(19)20)16-10-18-25-27(2,3)21-14-6-7-15-23(21)28(25)4/h6-18H,5H2,1-4H3/q+1. The lowest BCUT2D eigenvalue weighted by Gasteiger charge is -2.14. The molecule has 0 amide bonds. The Morgan fingerprint density at radius 3 is 2.48 bits per heavy atom. The first-order chi connectivity index (χ1) is 14.0. The van der Waals surface area contributed by atoms with Crippen molar-refractivity contribution in [1.29, 1.82) is 0 Å². The first kappa shape index (κ1) is 17.9. The van der Waals surface area contributed by atoms with Gasteiger partial charge in [0.25, 0.3) is 0 Å². The van der Waals surface area contributed by atoms with E-state index in [-0.39, 0.29) is 5.41 Å². The summed E-state index contributed by atoms with van der Waals surface area (Å²) < 4.78 is 4.75. The number of hydrogen-bond donors (Lipinski definition) is 0. The van der Waals surface area contributed by atoms with Crippen LogP contribution in [0.3, 0.4) is 0 Å². The molecule has 1 aliphatic heterocycles. The first-order valence-electron chi connectivity index (χ1n) is 10.4. The summed E-state index contributed by atoms with van der Waals surface area (Å²) in [6.45, 7) is 7.81. The van der Waals surface area contributed by atoms with E-state index in [2.05, 4.69) is 116 Å². The van der Waals surface area contributed by atoms with Crippen molar-refractivity contribution >= 4 is 39.2 Å². The van der Waals surface area contributed by atoms with E-state index in [9.17, 15) is 0 Å². The predicted molar refractivity (Wildman–Crippen MR) is 124 cm³/mol. The lowest BCUT2D eigenvalue weighted by molar-refractivity contribution is -0.401. The van der Waals surface area contributed by atoms with Crippen molar-refractivity contribution in [1.82, 2.24) is 4.57 Å². The summed E-state index contributed by atoms with van der Waals surface area (Å²) in [4.78, 5) is 0. The van der Waals surface area contributed by atoms with E-state index >= 15 is 0 Å². The van der Waals surface area contributed by atoms with Gasteiger partial charge in [-0.25, -0.2) is 0 Å². The number of fused-ring (bicyclic) bond motifs is 1. The fourth-order valence-electron chi connectivity index (χ4n) is 5.09. The molecule has 0 fully saturated rings. The van der Waals surface area contributed by atoms with Crippen molar-refractivity contribution in [2.45, 2.75) is 32.7 Å². The Bertz CT molecular complexity index is 1360. The fourth-order valence-corrected chi connectivity index (χ4v) is 5.09. The molecule has 0 saturated carbocycles. The zero-order chi connectivity index (χ0) is 20.2. The Morgan fingerprint density at radius 1 is 0.966 bits per heavy atom. The molecule has 0 spiro atoms. The largest absolute Gasteiger partial charge is 0.341 e. The molecule has 2 nitrogen and oxygen atoms in total. The average Bonchev–Trinajstić information content (AvgIpc) is 3.14. The Labute approximate surface area is 172 Å². The van der Waals surface area contributed by atoms with Gasteiger partial charge in [0, 0.05) is 45.9 Å². The number of benzene rings is 3. The first-order valence-corrected chi connectivity index (χ1v) is 10.4. The lowest BCUT2D eigenvalue weighted by Crippen LogP contribution is -2.26. The van der Waals surface area contributed by atoms with Crippen LogP contribution in [0.25, 0.3) is 27.8 Å². The zero-order valence-electron chi connectivity index (χ0n) is 17.6. The van der Waals surface area contributed by atoms with Crippen LogP contribution in [0.4, 0.5) is 5.69 Å². The number of aromatic nitrogens is 1. The molecular formula is C27H27N2+. The van der Waals surface area contributed by atoms with Crippen molar-refractivity contribution in [2.75, 3.05) is 7.05 Å². The van der Waals surface area contributed by atoms with Gasteiger partial charge in [0.05, 0.1) is 5.41 Å². The van der Waals surface area contributed by atoms with E-state index < -0.39 is 0 Å². The molecule has 0 unspecified atom stereocenters. The van der Waals surface area contributed by atoms with Crippen LogP contribution in [0.1, 0.15) is 26.3 Å². The molecule has 1 aliphatic rings. The van der Waals surface area contributed by atoms with E-state index in [4.69, 9.17) is 0 Å². The maximum absolute atomic E-state index is 2.42. The van der Waals surface area contributed by atoms with Gasteiger partial charge in [-0.05, 0) is 38.3 Å². The highest BCUT2D eigenvalue weighted by Crippen LogP contribution is 2.38. The van der Waals surface area contributed by atoms with E-state index in [0.717, 1.165) is 6.54 Å². The second kappa shape index (κ2) is 6.45. The Kier molecular flexibility index (Phi) is 3.99. The zero-order valence-corrected chi connectivity index (χ0v) is 17.6. The minimum absolute atomic E-state index is 0.00342. The number of rotatable bonds is 3. The molecule has 0 bridgehead atoms. The number of allylic oxidation sites excluding steroid dienone is 2. The molecular weight excluding hydrogens is 352 g/mol. The molecule has 5 rings (SSSR count). The second-order valence-electron chi connectivity index (χ2n) is 8.42. The summed E-state index contributed by atoms with van der Waals surface area (Å²) in [6, 6.07) is 21.9. The van der Waals surface area contributed by atoms with Crippen LogP contribution in [0.2, 0.25) is 0 Å². The van der Waals surface area contributed by atoms with Crippen molar-refractivity contribution in [3.05, 3.63) is 83.7 Å². The highest BCUT2D eigenvalue weighted by molar-refractivity contribution is 6.10. The van der Waals surface area contributed by atoms with Gasteiger partial charge in [-0.1, -0.05) is 54.6 Å². The molecule has 0 aliphatic carbocycles. The number of hydrogen-bond acceptors (Lipinski definition) is 0. The monoisotopic (exact) mass is 379 g/mol. The predicted octanol–water partition coefficient (Wildman–Crippen LogP) is 5.58. The van der Waals surface area contributed by atoms with E-state index in [1.807, 2.05) is 0 Å². The minimum atomic E-state index is 0.00342. The summed E-state index contributed by atoms with van der Waals surface area (Å²) in [5.41, 5.74) is 5.34. The Morgan fingerprint density at radius 2 is 1.72 bits per heavy atom. The number of nitrogens with zero attached hydrogens (tertiary/aromatic N) is 2. The van der Waals surface area contributed by atoms with Crippen molar-refractivity contribution in [3.63, 3.8) is 0 Å². The van der Waals surface area contributed by atoms with Crippen LogP contribution >= 0.6 is 0 Å². The fraction of sp³-hybridized carbons (Fsp3) is 0.222. The summed E-state index contributed by atoms with van der Waals surface area (Å²) in [7, 11) is 2.17. The van der Waals surface area contributed by atoms with E-state index in [1.54, 1.807) is 0 Å².